The lowest BCUT2D eigenvalue weighted by molar-refractivity contribution is 0.555. The molecule has 4 rings (SSSR count). The van der Waals surface area contributed by atoms with Gasteiger partial charge >= 0.3 is 5.76 Å². The molecule has 5 heteroatoms. The van der Waals surface area contributed by atoms with Crippen molar-refractivity contribution in [1.29, 1.82) is 0 Å². The third kappa shape index (κ3) is 2.48. The fraction of sp³-hybridized carbons (Fsp3) is 0.200. The van der Waals surface area contributed by atoms with Crippen molar-refractivity contribution in [3.63, 3.8) is 0 Å². The Hall–Kier alpha value is -3.08. The zero-order valence-corrected chi connectivity index (χ0v) is 14.4. The van der Waals surface area contributed by atoms with Crippen LogP contribution in [-0.2, 0) is 5.41 Å². The molecule has 2 heterocycles. The number of nitrogens with zero attached hydrogens (tertiary/aromatic N) is 2. The Morgan fingerprint density at radius 3 is 2.80 bits per heavy atom. The number of hydrogen-bond donors (Lipinski definition) is 1. The van der Waals surface area contributed by atoms with Gasteiger partial charge in [-0.05, 0) is 29.8 Å². The molecule has 3 aromatic rings. The predicted octanol–water partition coefficient (Wildman–Crippen LogP) is 4.13. The molecule has 0 unspecified atom stereocenters. The molecule has 0 atom stereocenters. The largest absolute Gasteiger partial charge is 0.417 e. The van der Waals surface area contributed by atoms with Crippen LogP contribution in [0.5, 0.6) is 0 Å². The molecular weight excluding hydrogens is 314 g/mol. The summed E-state index contributed by atoms with van der Waals surface area (Å²) in [5.74, 6) is -0.453. The van der Waals surface area contributed by atoms with Crippen LogP contribution in [0, 0.1) is 0 Å². The Kier molecular flexibility index (Phi) is 3.39. The number of fused-ring (bicyclic) bond motifs is 2. The molecule has 0 fully saturated rings. The third-order valence-corrected chi connectivity index (χ3v) is 4.80. The Morgan fingerprint density at radius 1 is 1.20 bits per heavy atom. The fourth-order valence-corrected chi connectivity index (χ4v) is 3.51. The van der Waals surface area contributed by atoms with Gasteiger partial charge in [0.25, 0.3) is 0 Å². The maximum absolute atomic E-state index is 11.2. The van der Waals surface area contributed by atoms with Crippen molar-refractivity contribution in [3.8, 4) is 0 Å². The Labute approximate surface area is 145 Å². The number of aliphatic imine (C=N–C) groups is 1. The van der Waals surface area contributed by atoms with E-state index in [1.807, 2.05) is 12.1 Å². The third-order valence-electron chi connectivity index (χ3n) is 4.80. The van der Waals surface area contributed by atoms with E-state index in [0.29, 0.717) is 11.1 Å². The second-order valence-corrected chi connectivity index (χ2v) is 6.73. The summed E-state index contributed by atoms with van der Waals surface area (Å²) in [6.07, 6.45) is 3.84. The van der Waals surface area contributed by atoms with E-state index in [2.05, 4.69) is 60.0 Å². The van der Waals surface area contributed by atoms with Gasteiger partial charge < -0.3 is 9.32 Å². The molecule has 0 saturated heterocycles. The molecule has 0 aliphatic carbocycles. The van der Waals surface area contributed by atoms with Gasteiger partial charge in [-0.15, -0.1) is 0 Å². The lowest BCUT2D eigenvalue weighted by Crippen LogP contribution is -2.22. The van der Waals surface area contributed by atoms with Crippen LogP contribution in [0.4, 0.5) is 11.4 Å². The number of likely N-dealkylation sites (N-methyl/N-ethyl adjacent to an activating group) is 1. The lowest BCUT2D eigenvalue weighted by atomic mass is 9.84. The predicted molar refractivity (Wildman–Crippen MR) is 101 cm³/mol. The molecule has 25 heavy (non-hydrogen) atoms. The quantitative estimate of drug-likeness (QED) is 0.717. The van der Waals surface area contributed by atoms with Crippen molar-refractivity contribution in [1.82, 2.24) is 4.98 Å². The number of oxazole rings is 1. The summed E-state index contributed by atoms with van der Waals surface area (Å²) in [5.41, 5.74) is 5.58. The van der Waals surface area contributed by atoms with E-state index in [0.717, 1.165) is 5.69 Å². The van der Waals surface area contributed by atoms with Crippen LogP contribution in [-0.4, -0.2) is 18.2 Å². The van der Waals surface area contributed by atoms with Crippen LogP contribution in [0.1, 0.15) is 19.4 Å². The van der Waals surface area contributed by atoms with Crippen LogP contribution < -0.4 is 10.7 Å². The number of anilines is 1. The van der Waals surface area contributed by atoms with Gasteiger partial charge in [-0.1, -0.05) is 32.0 Å². The molecule has 1 aromatic heterocycles. The van der Waals surface area contributed by atoms with E-state index < -0.39 is 5.76 Å². The van der Waals surface area contributed by atoms with Gasteiger partial charge in [-0.25, -0.2) is 4.79 Å². The molecule has 0 radical (unpaired) electrons. The number of H-pyrrole nitrogens is 1. The number of rotatable bonds is 2. The van der Waals surface area contributed by atoms with E-state index in [4.69, 9.17) is 4.42 Å². The average molecular weight is 333 g/mol. The maximum Gasteiger partial charge on any atom is 0.417 e. The minimum atomic E-state index is -0.453. The van der Waals surface area contributed by atoms with Crippen LogP contribution in [0.25, 0.3) is 11.1 Å². The Bertz CT molecular complexity index is 1070. The fourth-order valence-electron chi connectivity index (χ4n) is 3.51. The molecule has 0 amide bonds. The standard InChI is InChI=1S/C20H19N3O2/c1-20(2)14-6-4-5-7-16(14)23(3)18(20)10-11-21-13-8-9-15-17(12-13)25-19(24)22-15/h4-12H,1-3H3,(H,22,24). The van der Waals surface area contributed by atoms with Crippen LogP contribution >= 0.6 is 0 Å². The molecule has 5 nitrogen and oxygen atoms in total. The second-order valence-electron chi connectivity index (χ2n) is 6.73. The highest BCUT2D eigenvalue weighted by molar-refractivity contribution is 5.82. The number of hydrogen-bond acceptors (Lipinski definition) is 4. The highest BCUT2D eigenvalue weighted by atomic mass is 16.4. The van der Waals surface area contributed by atoms with E-state index >= 15 is 0 Å². The van der Waals surface area contributed by atoms with Crippen molar-refractivity contribution >= 4 is 28.7 Å². The molecule has 1 N–H and O–H groups in total. The number of para-hydroxylation sites is 1. The Balaban J connectivity index is 1.66. The minimum absolute atomic E-state index is 0.0747. The van der Waals surface area contributed by atoms with Gasteiger partial charge in [0.1, 0.15) is 0 Å². The number of nitrogens with one attached hydrogen (secondary N) is 1. The molecule has 1 aliphatic heterocycles. The van der Waals surface area contributed by atoms with E-state index in [9.17, 15) is 4.79 Å². The average Bonchev–Trinajstić information content (AvgIpc) is 3.05. The first-order valence-electron chi connectivity index (χ1n) is 8.18. The summed E-state index contributed by atoms with van der Waals surface area (Å²) >= 11 is 0. The van der Waals surface area contributed by atoms with E-state index in [1.54, 1.807) is 18.3 Å². The van der Waals surface area contributed by atoms with Crippen molar-refractivity contribution in [2.24, 2.45) is 4.99 Å². The molecule has 2 aromatic carbocycles. The molecule has 0 spiro atoms. The van der Waals surface area contributed by atoms with Crippen LogP contribution in [0.3, 0.4) is 0 Å². The van der Waals surface area contributed by atoms with Crippen LogP contribution in [0.2, 0.25) is 0 Å². The summed E-state index contributed by atoms with van der Waals surface area (Å²) in [5, 5.41) is 0. The minimum Gasteiger partial charge on any atom is -0.408 e. The number of aromatic nitrogens is 1. The SMILES string of the molecule is CN1C(=CC=Nc2ccc3[nH]c(=O)oc3c2)C(C)(C)c2ccccc21. The van der Waals surface area contributed by atoms with Gasteiger partial charge in [-0.2, -0.15) is 0 Å². The van der Waals surface area contributed by atoms with Gasteiger partial charge in [0.2, 0.25) is 0 Å². The van der Waals surface area contributed by atoms with Gasteiger partial charge in [0, 0.05) is 36.1 Å². The van der Waals surface area contributed by atoms with E-state index in [-0.39, 0.29) is 5.41 Å². The van der Waals surface area contributed by atoms with Crippen molar-refractivity contribution in [3.05, 3.63) is 70.4 Å². The monoisotopic (exact) mass is 333 g/mol. The summed E-state index contributed by atoms with van der Waals surface area (Å²) in [7, 11) is 2.08. The number of allylic oxidation sites excluding steroid dienone is 2. The zero-order valence-electron chi connectivity index (χ0n) is 14.4. The summed E-state index contributed by atoms with van der Waals surface area (Å²) in [6.45, 7) is 4.44. The van der Waals surface area contributed by atoms with E-state index in [1.165, 1.54) is 16.9 Å². The normalized spacial score (nSPS) is 17.7. The zero-order chi connectivity index (χ0) is 17.6. The van der Waals surface area contributed by atoms with Gasteiger partial charge in [-0.3, -0.25) is 9.98 Å². The first-order valence-corrected chi connectivity index (χ1v) is 8.18. The van der Waals surface area contributed by atoms with Crippen molar-refractivity contribution in [2.45, 2.75) is 19.3 Å². The summed E-state index contributed by atoms with van der Waals surface area (Å²) in [6, 6.07) is 13.8. The first kappa shape index (κ1) is 15.4. The summed E-state index contributed by atoms with van der Waals surface area (Å²) < 4.78 is 5.07. The smallest absolute Gasteiger partial charge is 0.408 e. The highest BCUT2D eigenvalue weighted by Crippen LogP contribution is 2.46. The topological polar surface area (TPSA) is 61.6 Å². The number of aromatic amines is 1. The number of benzene rings is 2. The van der Waals surface area contributed by atoms with Crippen molar-refractivity contribution in [2.75, 3.05) is 11.9 Å². The molecule has 126 valence electrons. The summed E-state index contributed by atoms with van der Waals surface area (Å²) in [4.78, 5) is 20.5. The van der Waals surface area contributed by atoms with Gasteiger partial charge in [0.15, 0.2) is 5.58 Å². The van der Waals surface area contributed by atoms with Crippen LogP contribution in [0.15, 0.2) is 68.4 Å². The lowest BCUT2D eigenvalue weighted by Gasteiger charge is -2.23. The molecule has 0 bridgehead atoms. The first-order chi connectivity index (χ1) is 12.0. The molecule has 1 aliphatic rings. The van der Waals surface area contributed by atoms with Gasteiger partial charge in [0.05, 0.1) is 11.2 Å². The Morgan fingerprint density at radius 2 is 2.00 bits per heavy atom. The second kappa shape index (κ2) is 5.48. The highest BCUT2D eigenvalue weighted by Gasteiger charge is 2.37. The maximum atomic E-state index is 11.2. The molecular formula is C20H19N3O2. The molecule has 0 saturated carbocycles. The van der Waals surface area contributed by atoms with Crippen molar-refractivity contribution < 1.29 is 4.42 Å².